The van der Waals surface area contributed by atoms with Gasteiger partial charge in [0, 0.05) is 35.7 Å². The molecule has 0 spiro atoms. The van der Waals surface area contributed by atoms with Gasteiger partial charge >= 0.3 is 0 Å². The first-order chi connectivity index (χ1) is 13.8. The summed E-state index contributed by atoms with van der Waals surface area (Å²) in [5.74, 6) is -1.02. The predicted octanol–water partition coefficient (Wildman–Crippen LogP) is 5.80. The predicted molar refractivity (Wildman–Crippen MR) is 110 cm³/mol. The van der Waals surface area contributed by atoms with Gasteiger partial charge in [-0.2, -0.15) is 0 Å². The second-order valence-corrected chi connectivity index (χ2v) is 7.94. The molecule has 0 atom stereocenters. The highest BCUT2D eigenvalue weighted by Gasteiger charge is 2.19. The van der Waals surface area contributed by atoms with Crippen molar-refractivity contribution >= 4 is 28.8 Å². The number of hydrogen-bond donors (Lipinski definition) is 0. The Labute approximate surface area is 176 Å². The number of amides is 1. The molecule has 3 rings (SSSR count). The average Bonchev–Trinajstić information content (AvgIpc) is 3.16. The molecule has 2 aromatic carbocycles. The molecule has 0 unspecified atom stereocenters. The van der Waals surface area contributed by atoms with E-state index >= 15 is 0 Å². The summed E-state index contributed by atoms with van der Waals surface area (Å²) in [6.45, 7) is 3.68. The molecular formula is C21H19ClF2N2O2S. The van der Waals surface area contributed by atoms with E-state index in [9.17, 15) is 13.6 Å². The second-order valence-electron chi connectivity index (χ2n) is 6.68. The third kappa shape index (κ3) is 4.74. The van der Waals surface area contributed by atoms with E-state index in [0.29, 0.717) is 5.01 Å². The maximum atomic E-state index is 14.6. The minimum Gasteiger partial charge on any atom is -0.489 e. The molecule has 0 saturated carbocycles. The first-order valence-corrected chi connectivity index (χ1v) is 10.1. The van der Waals surface area contributed by atoms with Crippen LogP contribution in [0.25, 0.3) is 10.6 Å². The Morgan fingerprint density at radius 3 is 2.66 bits per heavy atom. The fourth-order valence-electron chi connectivity index (χ4n) is 2.50. The summed E-state index contributed by atoms with van der Waals surface area (Å²) in [6, 6.07) is 8.67. The summed E-state index contributed by atoms with van der Waals surface area (Å²) in [4.78, 5) is 18.2. The van der Waals surface area contributed by atoms with Gasteiger partial charge in [-0.15, -0.1) is 11.3 Å². The number of carbonyl (C=O) groups is 1. The van der Waals surface area contributed by atoms with Crippen LogP contribution >= 0.6 is 22.9 Å². The quantitative estimate of drug-likeness (QED) is 0.490. The van der Waals surface area contributed by atoms with E-state index < -0.39 is 11.6 Å². The van der Waals surface area contributed by atoms with Gasteiger partial charge in [0.1, 0.15) is 34.7 Å². The van der Waals surface area contributed by atoms with Crippen LogP contribution in [0.2, 0.25) is 5.02 Å². The van der Waals surface area contributed by atoms with Gasteiger partial charge in [0.15, 0.2) is 0 Å². The zero-order valence-corrected chi connectivity index (χ0v) is 17.7. The zero-order valence-electron chi connectivity index (χ0n) is 16.1. The first-order valence-electron chi connectivity index (χ1n) is 8.86. The minimum absolute atomic E-state index is 0.0313. The SMILES string of the molecule is CC(C)N(C)C(=O)c1csc(-c2ccc(OCc3c(F)cccc3Cl)cc2F)n1. The van der Waals surface area contributed by atoms with Gasteiger partial charge in [0.25, 0.3) is 5.91 Å². The summed E-state index contributed by atoms with van der Waals surface area (Å²) in [7, 11) is 1.70. The molecule has 152 valence electrons. The highest BCUT2D eigenvalue weighted by atomic mass is 35.5. The molecule has 0 radical (unpaired) electrons. The van der Waals surface area contributed by atoms with Crippen LogP contribution in [0.15, 0.2) is 41.8 Å². The molecule has 0 aliphatic rings. The Morgan fingerprint density at radius 1 is 1.24 bits per heavy atom. The number of hydrogen-bond acceptors (Lipinski definition) is 4. The molecule has 0 fully saturated rings. The van der Waals surface area contributed by atoms with Crippen molar-refractivity contribution in [1.82, 2.24) is 9.88 Å². The van der Waals surface area contributed by atoms with Gasteiger partial charge in [0.2, 0.25) is 0 Å². The summed E-state index contributed by atoms with van der Waals surface area (Å²) in [5, 5.41) is 2.25. The summed E-state index contributed by atoms with van der Waals surface area (Å²) in [5.41, 5.74) is 0.739. The maximum Gasteiger partial charge on any atom is 0.273 e. The Hall–Kier alpha value is -2.51. The Morgan fingerprint density at radius 2 is 2.00 bits per heavy atom. The van der Waals surface area contributed by atoms with Crippen LogP contribution in [0.5, 0.6) is 5.75 Å². The second kappa shape index (κ2) is 8.88. The van der Waals surface area contributed by atoms with Crippen LogP contribution in [-0.4, -0.2) is 28.9 Å². The molecule has 8 heteroatoms. The van der Waals surface area contributed by atoms with E-state index in [1.165, 1.54) is 35.6 Å². The van der Waals surface area contributed by atoms with Gasteiger partial charge in [-0.05, 0) is 38.1 Å². The molecule has 1 amide bonds. The van der Waals surface area contributed by atoms with E-state index in [1.54, 1.807) is 29.5 Å². The molecule has 0 bridgehead atoms. The van der Waals surface area contributed by atoms with E-state index in [-0.39, 0.29) is 46.1 Å². The van der Waals surface area contributed by atoms with Crippen LogP contribution in [0.1, 0.15) is 29.9 Å². The number of aromatic nitrogens is 1. The first kappa shape index (κ1) is 21.2. The molecular weight excluding hydrogens is 418 g/mol. The molecule has 3 aromatic rings. The number of rotatable bonds is 6. The fourth-order valence-corrected chi connectivity index (χ4v) is 3.53. The van der Waals surface area contributed by atoms with Crippen molar-refractivity contribution in [1.29, 1.82) is 0 Å². The van der Waals surface area contributed by atoms with Crippen molar-refractivity contribution in [2.24, 2.45) is 0 Å². The van der Waals surface area contributed by atoms with E-state index in [4.69, 9.17) is 16.3 Å². The third-order valence-electron chi connectivity index (χ3n) is 4.43. The van der Waals surface area contributed by atoms with Crippen molar-refractivity contribution in [3.8, 4) is 16.3 Å². The molecule has 0 aliphatic heterocycles. The summed E-state index contributed by atoms with van der Waals surface area (Å²) < 4.78 is 33.9. The monoisotopic (exact) mass is 436 g/mol. The van der Waals surface area contributed by atoms with Crippen molar-refractivity contribution in [2.45, 2.75) is 26.5 Å². The minimum atomic E-state index is -0.548. The molecule has 29 heavy (non-hydrogen) atoms. The van der Waals surface area contributed by atoms with Crippen LogP contribution in [0.3, 0.4) is 0 Å². The number of halogens is 3. The van der Waals surface area contributed by atoms with Gasteiger partial charge in [0.05, 0.1) is 5.02 Å². The van der Waals surface area contributed by atoms with Crippen LogP contribution < -0.4 is 4.74 Å². The van der Waals surface area contributed by atoms with Crippen LogP contribution in [0.4, 0.5) is 8.78 Å². The van der Waals surface area contributed by atoms with Crippen molar-refractivity contribution in [2.75, 3.05) is 7.05 Å². The third-order valence-corrected chi connectivity index (χ3v) is 5.66. The molecule has 4 nitrogen and oxygen atoms in total. The average molecular weight is 437 g/mol. The van der Waals surface area contributed by atoms with E-state index in [0.717, 1.165) is 0 Å². The van der Waals surface area contributed by atoms with Gasteiger partial charge in [-0.1, -0.05) is 17.7 Å². The number of thiazole rings is 1. The number of carbonyl (C=O) groups excluding carboxylic acids is 1. The van der Waals surface area contributed by atoms with Crippen molar-refractivity contribution < 1.29 is 18.3 Å². The van der Waals surface area contributed by atoms with E-state index in [2.05, 4.69) is 4.98 Å². The molecule has 0 saturated heterocycles. The number of benzene rings is 2. The molecule has 0 N–H and O–H groups in total. The summed E-state index contributed by atoms with van der Waals surface area (Å²) >= 11 is 7.16. The van der Waals surface area contributed by atoms with Gasteiger partial charge in [-0.3, -0.25) is 4.79 Å². The van der Waals surface area contributed by atoms with E-state index in [1.807, 2.05) is 13.8 Å². The number of ether oxygens (including phenoxy) is 1. The molecule has 1 heterocycles. The summed E-state index contributed by atoms with van der Waals surface area (Å²) in [6.07, 6.45) is 0. The standard InChI is InChI=1S/C21H19ClF2N2O2S/c1-12(2)26(3)21(27)19-11-29-20(25-19)14-8-7-13(9-18(14)24)28-10-15-16(22)5-4-6-17(15)23/h4-9,11-12H,10H2,1-3H3. The Bertz CT molecular complexity index is 1020. The van der Waals surface area contributed by atoms with Crippen LogP contribution in [0, 0.1) is 11.6 Å². The lowest BCUT2D eigenvalue weighted by atomic mass is 10.2. The molecule has 1 aromatic heterocycles. The van der Waals surface area contributed by atoms with Crippen molar-refractivity contribution in [3.05, 3.63) is 69.7 Å². The highest BCUT2D eigenvalue weighted by Crippen LogP contribution is 2.30. The van der Waals surface area contributed by atoms with Gasteiger partial charge < -0.3 is 9.64 Å². The lowest BCUT2D eigenvalue weighted by molar-refractivity contribution is 0.0750. The largest absolute Gasteiger partial charge is 0.489 e. The Balaban J connectivity index is 1.76. The smallest absolute Gasteiger partial charge is 0.273 e. The number of nitrogens with zero attached hydrogens (tertiary/aromatic N) is 2. The lowest BCUT2D eigenvalue weighted by Gasteiger charge is -2.20. The van der Waals surface area contributed by atoms with Gasteiger partial charge in [-0.25, -0.2) is 13.8 Å². The highest BCUT2D eigenvalue weighted by molar-refractivity contribution is 7.13. The molecule has 0 aliphatic carbocycles. The normalized spacial score (nSPS) is 11.0. The fraction of sp³-hybridized carbons (Fsp3) is 0.238. The van der Waals surface area contributed by atoms with Crippen LogP contribution in [-0.2, 0) is 6.61 Å². The maximum absolute atomic E-state index is 14.6. The topological polar surface area (TPSA) is 42.4 Å². The Kier molecular flexibility index (Phi) is 6.49. The van der Waals surface area contributed by atoms with Crippen molar-refractivity contribution in [3.63, 3.8) is 0 Å². The lowest BCUT2D eigenvalue weighted by Crippen LogP contribution is -2.33. The zero-order chi connectivity index (χ0) is 21.1.